The summed E-state index contributed by atoms with van der Waals surface area (Å²) in [6, 6.07) is 11.5. The topological polar surface area (TPSA) is 69.4 Å². The van der Waals surface area contributed by atoms with Crippen LogP contribution in [0.4, 0.5) is 5.69 Å². The zero-order valence-electron chi connectivity index (χ0n) is 11.4. The molecule has 4 nitrogen and oxygen atoms in total. The molecule has 0 radical (unpaired) electrons. The standard InChI is InChI=1S/C16H14ClNO3/c1-10-2-4-11(5-3-10)15(19)9-21-16(20)12-6-7-13(17)14(18)8-12/h2-8H,9,18H2,1H3. The molecule has 0 fully saturated rings. The molecule has 0 atom stereocenters. The normalized spacial score (nSPS) is 10.2. The Morgan fingerprint density at radius 1 is 1.10 bits per heavy atom. The first kappa shape index (κ1) is 15.1. The third-order valence-electron chi connectivity index (χ3n) is 2.94. The number of rotatable bonds is 4. The van der Waals surface area contributed by atoms with Crippen LogP contribution in [0.1, 0.15) is 26.3 Å². The molecule has 2 N–H and O–H groups in total. The lowest BCUT2D eigenvalue weighted by Gasteiger charge is -2.06. The van der Waals surface area contributed by atoms with Crippen LogP contribution in [-0.2, 0) is 4.74 Å². The van der Waals surface area contributed by atoms with Gasteiger partial charge in [-0.05, 0) is 25.1 Å². The van der Waals surface area contributed by atoms with Crippen LogP contribution < -0.4 is 5.73 Å². The number of halogens is 1. The van der Waals surface area contributed by atoms with E-state index in [0.29, 0.717) is 10.6 Å². The average molecular weight is 304 g/mol. The Morgan fingerprint density at radius 3 is 2.33 bits per heavy atom. The Hall–Kier alpha value is -2.33. The maximum Gasteiger partial charge on any atom is 0.338 e. The number of aryl methyl sites for hydroxylation is 1. The second-order valence-electron chi connectivity index (χ2n) is 4.60. The molecule has 0 saturated heterocycles. The van der Waals surface area contributed by atoms with Crippen LogP contribution in [0.15, 0.2) is 42.5 Å². The van der Waals surface area contributed by atoms with Gasteiger partial charge in [-0.3, -0.25) is 4.79 Å². The molecular weight excluding hydrogens is 290 g/mol. The number of carbonyl (C=O) groups is 2. The van der Waals surface area contributed by atoms with Crippen molar-refractivity contribution in [3.63, 3.8) is 0 Å². The van der Waals surface area contributed by atoms with Gasteiger partial charge >= 0.3 is 5.97 Å². The summed E-state index contributed by atoms with van der Waals surface area (Å²) in [6.45, 7) is 1.61. The SMILES string of the molecule is Cc1ccc(C(=O)COC(=O)c2ccc(Cl)c(N)c2)cc1. The zero-order chi connectivity index (χ0) is 15.4. The van der Waals surface area contributed by atoms with E-state index < -0.39 is 5.97 Å². The minimum absolute atomic E-state index is 0.258. The van der Waals surface area contributed by atoms with Crippen LogP contribution >= 0.6 is 11.6 Å². The molecule has 0 amide bonds. The van der Waals surface area contributed by atoms with Gasteiger partial charge in [-0.15, -0.1) is 0 Å². The van der Waals surface area contributed by atoms with Crippen molar-refractivity contribution in [3.05, 3.63) is 64.2 Å². The number of anilines is 1. The molecule has 0 bridgehead atoms. The van der Waals surface area contributed by atoms with Gasteiger partial charge in [0.05, 0.1) is 16.3 Å². The number of Topliss-reactive ketones (excluding diaryl/α,β-unsaturated/α-hetero) is 1. The smallest absolute Gasteiger partial charge is 0.338 e. The Labute approximate surface area is 127 Å². The summed E-state index contributed by atoms with van der Waals surface area (Å²) in [6.07, 6.45) is 0. The summed E-state index contributed by atoms with van der Waals surface area (Å²) in [5.74, 6) is -0.871. The third kappa shape index (κ3) is 3.83. The lowest BCUT2D eigenvalue weighted by atomic mass is 10.1. The van der Waals surface area contributed by atoms with E-state index in [1.54, 1.807) is 12.1 Å². The van der Waals surface area contributed by atoms with Gasteiger partial charge in [0, 0.05) is 5.56 Å². The van der Waals surface area contributed by atoms with Crippen LogP contribution in [0, 0.1) is 6.92 Å². The Morgan fingerprint density at radius 2 is 1.71 bits per heavy atom. The van der Waals surface area contributed by atoms with E-state index in [9.17, 15) is 9.59 Å². The van der Waals surface area contributed by atoms with Gasteiger partial charge in [-0.2, -0.15) is 0 Å². The second-order valence-corrected chi connectivity index (χ2v) is 5.01. The monoisotopic (exact) mass is 303 g/mol. The molecule has 0 aromatic heterocycles. The number of hydrogen-bond donors (Lipinski definition) is 1. The number of benzene rings is 2. The van der Waals surface area contributed by atoms with E-state index in [4.69, 9.17) is 22.1 Å². The number of esters is 1. The molecule has 0 aliphatic rings. The summed E-state index contributed by atoms with van der Waals surface area (Å²) in [5.41, 5.74) is 7.72. The first-order valence-electron chi connectivity index (χ1n) is 6.29. The third-order valence-corrected chi connectivity index (χ3v) is 3.28. The molecule has 0 aliphatic carbocycles. The molecule has 0 spiro atoms. The highest BCUT2D eigenvalue weighted by atomic mass is 35.5. The Bertz CT molecular complexity index is 680. The molecule has 0 heterocycles. The van der Waals surface area contributed by atoms with Gasteiger partial charge in [0.2, 0.25) is 0 Å². The van der Waals surface area contributed by atoms with Crippen LogP contribution in [0.25, 0.3) is 0 Å². The van der Waals surface area contributed by atoms with Crippen molar-refractivity contribution in [2.24, 2.45) is 0 Å². The highest BCUT2D eigenvalue weighted by Crippen LogP contribution is 2.20. The molecule has 5 heteroatoms. The summed E-state index contributed by atoms with van der Waals surface area (Å²) in [4.78, 5) is 23.7. The van der Waals surface area contributed by atoms with E-state index in [0.717, 1.165) is 5.56 Å². The highest BCUT2D eigenvalue weighted by molar-refractivity contribution is 6.33. The van der Waals surface area contributed by atoms with Crippen molar-refractivity contribution < 1.29 is 14.3 Å². The van der Waals surface area contributed by atoms with Crippen molar-refractivity contribution in [2.45, 2.75) is 6.92 Å². The van der Waals surface area contributed by atoms with Crippen molar-refractivity contribution in [1.29, 1.82) is 0 Å². The van der Waals surface area contributed by atoms with Gasteiger partial charge in [-0.1, -0.05) is 41.4 Å². The lowest BCUT2D eigenvalue weighted by Crippen LogP contribution is -2.14. The van der Waals surface area contributed by atoms with Crippen molar-refractivity contribution in [1.82, 2.24) is 0 Å². The molecule has 0 saturated carbocycles. The highest BCUT2D eigenvalue weighted by Gasteiger charge is 2.12. The number of hydrogen-bond acceptors (Lipinski definition) is 4. The minimum Gasteiger partial charge on any atom is -0.454 e. The van der Waals surface area contributed by atoms with E-state index >= 15 is 0 Å². The van der Waals surface area contributed by atoms with Crippen LogP contribution in [0.5, 0.6) is 0 Å². The van der Waals surface area contributed by atoms with Crippen molar-refractivity contribution in [2.75, 3.05) is 12.3 Å². The quantitative estimate of drug-likeness (QED) is 0.534. The van der Waals surface area contributed by atoms with Gasteiger partial charge in [0.15, 0.2) is 12.4 Å². The van der Waals surface area contributed by atoms with E-state index in [1.807, 2.05) is 19.1 Å². The molecular formula is C16H14ClNO3. The fourth-order valence-corrected chi connectivity index (χ4v) is 1.83. The summed E-state index contributed by atoms with van der Waals surface area (Å²) in [7, 11) is 0. The largest absolute Gasteiger partial charge is 0.454 e. The number of ether oxygens (including phenoxy) is 1. The van der Waals surface area contributed by atoms with Gasteiger partial charge < -0.3 is 10.5 Å². The molecule has 0 unspecified atom stereocenters. The lowest BCUT2D eigenvalue weighted by molar-refractivity contribution is 0.0475. The second kappa shape index (κ2) is 6.41. The molecule has 2 aromatic carbocycles. The zero-order valence-corrected chi connectivity index (χ0v) is 12.2. The maximum absolute atomic E-state index is 11.9. The molecule has 2 aromatic rings. The Kier molecular flexibility index (Phi) is 4.60. The van der Waals surface area contributed by atoms with Crippen LogP contribution in [0.3, 0.4) is 0 Å². The molecule has 0 aliphatic heterocycles. The van der Waals surface area contributed by atoms with E-state index in [1.165, 1.54) is 18.2 Å². The van der Waals surface area contributed by atoms with E-state index in [-0.39, 0.29) is 23.6 Å². The number of nitrogens with two attached hydrogens (primary N) is 1. The van der Waals surface area contributed by atoms with Crippen LogP contribution in [0.2, 0.25) is 5.02 Å². The Balaban J connectivity index is 1.98. The fourth-order valence-electron chi connectivity index (χ4n) is 1.71. The molecule has 2 rings (SSSR count). The predicted molar refractivity (Wildman–Crippen MR) is 81.7 cm³/mol. The van der Waals surface area contributed by atoms with Crippen molar-refractivity contribution >= 4 is 29.0 Å². The minimum atomic E-state index is -0.612. The maximum atomic E-state index is 11.9. The van der Waals surface area contributed by atoms with Gasteiger partial charge in [0.25, 0.3) is 0 Å². The van der Waals surface area contributed by atoms with E-state index in [2.05, 4.69) is 0 Å². The number of ketones is 1. The number of nitrogen functional groups attached to an aromatic ring is 1. The van der Waals surface area contributed by atoms with Crippen LogP contribution in [-0.4, -0.2) is 18.4 Å². The fraction of sp³-hybridized carbons (Fsp3) is 0.125. The average Bonchev–Trinajstić information content (AvgIpc) is 2.48. The van der Waals surface area contributed by atoms with Gasteiger partial charge in [0.1, 0.15) is 0 Å². The number of carbonyl (C=O) groups excluding carboxylic acids is 2. The summed E-state index contributed by atoms with van der Waals surface area (Å²) < 4.78 is 4.98. The summed E-state index contributed by atoms with van der Waals surface area (Å²) >= 11 is 5.77. The first-order valence-corrected chi connectivity index (χ1v) is 6.67. The van der Waals surface area contributed by atoms with Crippen molar-refractivity contribution in [3.8, 4) is 0 Å². The molecule has 21 heavy (non-hydrogen) atoms. The van der Waals surface area contributed by atoms with Gasteiger partial charge in [-0.25, -0.2) is 4.79 Å². The first-order chi connectivity index (χ1) is 9.97. The predicted octanol–water partition coefficient (Wildman–Crippen LogP) is 3.27. The summed E-state index contributed by atoms with van der Waals surface area (Å²) in [5, 5.41) is 0.363. The molecule has 108 valence electrons.